The average Bonchev–Trinajstić information content (AvgIpc) is 3.77. The molecule has 9 rings (SSSR count). The first-order valence-corrected chi connectivity index (χ1v) is 22.2. The van der Waals surface area contributed by atoms with Gasteiger partial charge in [0, 0.05) is 52.1 Å². The molecule has 54 heavy (non-hydrogen) atoms. The predicted octanol–water partition coefficient (Wildman–Crippen LogP) is 12.9. The van der Waals surface area contributed by atoms with Gasteiger partial charge in [0.25, 0.3) is 0 Å². The minimum Gasteiger partial charge on any atom is -0.500 e. The monoisotopic (exact) mass is 918 g/mol. The Hall–Kier alpha value is -4.71. The Morgan fingerprint density at radius 3 is 2.28 bits per heavy atom. The van der Waals surface area contributed by atoms with E-state index in [-0.39, 0.29) is 25.5 Å². The number of aromatic nitrogens is 2. The smallest absolute Gasteiger partial charge is 0.121 e. The summed E-state index contributed by atoms with van der Waals surface area (Å²) < 4.78 is 31.9. The quantitative estimate of drug-likeness (QED) is 0.128. The van der Waals surface area contributed by atoms with Gasteiger partial charge in [-0.3, -0.25) is 0 Å². The third-order valence-corrected chi connectivity index (χ3v) is 13.4. The van der Waals surface area contributed by atoms with Crippen LogP contribution in [0.3, 0.4) is 0 Å². The maximum atomic E-state index is 7.95. The van der Waals surface area contributed by atoms with Crippen molar-refractivity contribution in [2.75, 3.05) is 0 Å². The van der Waals surface area contributed by atoms with E-state index < -0.39 is 14.9 Å². The largest absolute Gasteiger partial charge is 0.500 e. The molecule has 0 saturated carbocycles. The van der Waals surface area contributed by atoms with E-state index in [1.54, 1.807) is 17.4 Å². The van der Waals surface area contributed by atoms with Crippen molar-refractivity contribution in [3.63, 3.8) is 0 Å². The first-order chi connectivity index (χ1) is 26.7. The van der Waals surface area contributed by atoms with Gasteiger partial charge in [0.1, 0.15) is 5.58 Å². The minimum absolute atomic E-state index is 0. The van der Waals surface area contributed by atoms with Gasteiger partial charge < -0.3 is 14.4 Å². The van der Waals surface area contributed by atoms with Crippen molar-refractivity contribution < 1.29 is 28.6 Å². The molecule has 0 aliphatic carbocycles. The fraction of sp³-hybridized carbons (Fsp3) is 0.167. The van der Waals surface area contributed by atoms with Crippen molar-refractivity contribution in [1.29, 1.82) is 0 Å². The van der Waals surface area contributed by atoms with Crippen LogP contribution in [0.5, 0.6) is 0 Å². The van der Waals surface area contributed by atoms with E-state index in [1.165, 1.54) is 27.3 Å². The first-order valence-electron chi connectivity index (χ1n) is 19.4. The van der Waals surface area contributed by atoms with Crippen LogP contribution in [0.4, 0.5) is 0 Å². The van der Waals surface area contributed by atoms with E-state index in [4.69, 9.17) is 13.5 Å². The number of fused-ring (bicyclic) bond motifs is 6. The molecule has 0 unspecified atom stereocenters. The Bertz CT molecular complexity index is 2880. The van der Waals surface area contributed by atoms with Crippen molar-refractivity contribution in [3.8, 4) is 22.5 Å². The zero-order valence-corrected chi connectivity index (χ0v) is 35.4. The molecule has 1 radical (unpaired) electrons. The van der Waals surface area contributed by atoms with E-state index in [0.29, 0.717) is 5.56 Å². The zero-order valence-electron chi connectivity index (χ0n) is 34.2. The summed E-state index contributed by atoms with van der Waals surface area (Å²) >= 11 is 1.61. The third-order valence-electron chi connectivity index (χ3n) is 10.2. The summed E-state index contributed by atoms with van der Waals surface area (Å²) in [7, 11) is -1.42. The molecule has 4 aromatic heterocycles. The van der Waals surface area contributed by atoms with E-state index in [1.807, 2.05) is 60.9 Å². The SMILES string of the molecule is Cc1cccc2oc3c[c-]c(-c4cc(C(C)(C)c5ccccc5)ccn4)cc3c12.[2H]C([2H])([2H])c1c[c-]c(-c2ccc([Si](C)(C)C)cn2)c2sc3ccccc3c12.[Ir]. The number of thiophene rings is 1. The maximum absolute atomic E-state index is 7.95. The molecule has 0 aliphatic heterocycles. The van der Waals surface area contributed by atoms with Crippen LogP contribution in [0.2, 0.25) is 19.6 Å². The Balaban J connectivity index is 0.000000172. The van der Waals surface area contributed by atoms with E-state index in [0.717, 1.165) is 59.2 Å². The van der Waals surface area contributed by atoms with Crippen LogP contribution in [0, 0.1) is 25.9 Å². The van der Waals surface area contributed by atoms with Crippen molar-refractivity contribution in [3.05, 3.63) is 162 Å². The Morgan fingerprint density at radius 1 is 0.722 bits per heavy atom. The molecule has 271 valence electrons. The Labute approximate surface area is 340 Å². The molecule has 4 heterocycles. The Morgan fingerprint density at radius 2 is 1.52 bits per heavy atom. The number of aryl methyl sites for hydroxylation is 2. The second-order valence-electron chi connectivity index (χ2n) is 15.2. The second kappa shape index (κ2) is 14.8. The summed E-state index contributed by atoms with van der Waals surface area (Å²) in [5.41, 5.74) is 9.38. The molecule has 0 saturated heterocycles. The molecule has 0 amide bonds. The fourth-order valence-corrected chi connectivity index (χ4v) is 9.30. The zero-order chi connectivity index (χ0) is 39.4. The maximum Gasteiger partial charge on any atom is 0.121 e. The topological polar surface area (TPSA) is 38.9 Å². The molecule has 9 aromatic rings. The molecule has 0 fully saturated rings. The van der Waals surface area contributed by atoms with Gasteiger partial charge in [0.15, 0.2) is 0 Å². The van der Waals surface area contributed by atoms with Crippen LogP contribution in [-0.2, 0) is 25.5 Å². The number of furan rings is 1. The van der Waals surface area contributed by atoms with E-state index in [2.05, 4.69) is 118 Å². The molecule has 5 aromatic carbocycles. The number of pyridine rings is 2. The standard InChI is InChI=1S/C27H22NO.C21H20NSSi.Ir/c1-18-8-7-11-25-26(18)22-16-19(12-13-24(22)29-25)23-17-21(14-15-28-23)27(2,3)20-9-5-4-6-10-20;1-14-9-11-16(18-12-10-15(13-22-18)24(2,3)4)21-20(14)17-7-5-6-8-19(17)23-21;/h4-11,13-17H,1-3H3;5-10,12-13H,1-4H3;/q2*-1;/i;1D3;. The number of benzene rings is 5. The average molecular weight is 918 g/mol. The van der Waals surface area contributed by atoms with Crippen LogP contribution in [0.15, 0.2) is 132 Å². The van der Waals surface area contributed by atoms with Crippen LogP contribution in [0.1, 0.15) is 40.2 Å². The third kappa shape index (κ3) is 7.00. The Kier molecular flexibility index (Phi) is 9.30. The molecular weight excluding hydrogens is 873 g/mol. The van der Waals surface area contributed by atoms with Crippen molar-refractivity contribution >= 4 is 66.7 Å². The second-order valence-corrected chi connectivity index (χ2v) is 21.3. The predicted molar refractivity (Wildman–Crippen MR) is 228 cm³/mol. The van der Waals surface area contributed by atoms with Gasteiger partial charge in [0.2, 0.25) is 0 Å². The van der Waals surface area contributed by atoms with Gasteiger partial charge in [0.05, 0.1) is 13.7 Å². The number of nitrogens with zero attached hydrogens (tertiary/aromatic N) is 2. The van der Waals surface area contributed by atoms with Gasteiger partial charge in [-0.25, -0.2) is 0 Å². The van der Waals surface area contributed by atoms with Gasteiger partial charge in [-0.15, -0.1) is 47.0 Å². The van der Waals surface area contributed by atoms with Crippen molar-refractivity contribution in [1.82, 2.24) is 9.97 Å². The van der Waals surface area contributed by atoms with Crippen LogP contribution in [-0.4, -0.2) is 18.0 Å². The van der Waals surface area contributed by atoms with Crippen molar-refractivity contribution in [2.24, 2.45) is 0 Å². The van der Waals surface area contributed by atoms with Gasteiger partial charge in [-0.2, -0.15) is 11.3 Å². The molecule has 0 aliphatic rings. The number of rotatable bonds is 5. The molecule has 0 spiro atoms. The summed E-state index contributed by atoms with van der Waals surface area (Å²) in [4.78, 5) is 9.35. The molecule has 0 N–H and O–H groups in total. The molecular formula is C48H42IrN2OSSi-2. The summed E-state index contributed by atoms with van der Waals surface area (Å²) in [6, 6.07) is 45.5. The van der Waals surface area contributed by atoms with E-state index >= 15 is 0 Å². The molecule has 3 nitrogen and oxygen atoms in total. The molecule has 0 atom stereocenters. The summed E-state index contributed by atoms with van der Waals surface area (Å²) in [6.45, 7) is 11.3. The first kappa shape index (κ1) is 33.8. The number of hydrogen-bond donors (Lipinski definition) is 0. The van der Waals surface area contributed by atoms with Gasteiger partial charge in [-0.05, 0) is 68.5 Å². The van der Waals surface area contributed by atoms with Gasteiger partial charge >= 0.3 is 0 Å². The van der Waals surface area contributed by atoms with Crippen LogP contribution in [0.25, 0.3) is 64.6 Å². The minimum atomic E-state index is -2.17. The van der Waals surface area contributed by atoms with Crippen molar-refractivity contribution in [2.45, 2.75) is 52.7 Å². The van der Waals surface area contributed by atoms with Crippen LogP contribution < -0.4 is 5.19 Å². The number of hydrogen-bond acceptors (Lipinski definition) is 4. The fourth-order valence-electron chi connectivity index (χ4n) is 7.03. The summed E-state index contributed by atoms with van der Waals surface area (Å²) in [5, 5.41) is 5.37. The summed E-state index contributed by atoms with van der Waals surface area (Å²) in [5.74, 6) is 0. The van der Waals surface area contributed by atoms with Gasteiger partial charge in [-0.1, -0.05) is 130 Å². The summed E-state index contributed by atoms with van der Waals surface area (Å²) in [6.07, 6.45) is 3.86. The normalized spacial score (nSPS) is 12.9. The molecule has 6 heteroatoms. The van der Waals surface area contributed by atoms with E-state index in [9.17, 15) is 0 Å². The van der Waals surface area contributed by atoms with Crippen LogP contribution >= 0.6 is 11.3 Å². The molecule has 0 bridgehead atoms.